The fraction of sp³-hybridized carbons (Fsp3) is 0.577. The lowest BCUT2D eigenvalue weighted by molar-refractivity contribution is -0.165. The number of rotatable bonds is 3. The molecule has 3 heterocycles. The Bertz CT molecular complexity index is 947. The molecule has 2 aliphatic heterocycles. The number of esters is 1. The Labute approximate surface area is 210 Å². The molecule has 35 heavy (non-hydrogen) atoms. The summed E-state index contributed by atoms with van der Waals surface area (Å²) >= 11 is 1.37. The maximum absolute atomic E-state index is 13.2. The Kier molecular flexibility index (Phi) is 8.89. The molecule has 0 unspecified atom stereocenters. The van der Waals surface area contributed by atoms with Crippen LogP contribution < -0.4 is 0 Å². The van der Waals surface area contributed by atoms with E-state index in [-0.39, 0.29) is 24.9 Å². The monoisotopic (exact) mass is 501 g/mol. The number of thiazole rings is 1. The van der Waals surface area contributed by atoms with Crippen LogP contribution in [0.25, 0.3) is 0 Å². The minimum Gasteiger partial charge on any atom is -0.462 e. The average Bonchev–Trinajstić information content (AvgIpc) is 3.42. The number of benzene rings is 1. The maximum atomic E-state index is 13.2. The van der Waals surface area contributed by atoms with Crippen LogP contribution in [-0.2, 0) is 16.1 Å². The molecule has 2 aliphatic rings. The molecule has 4 rings (SSSR count). The molecule has 0 aliphatic carbocycles. The van der Waals surface area contributed by atoms with Crippen molar-refractivity contribution in [1.29, 1.82) is 0 Å². The molecule has 2 saturated heterocycles. The number of cyclic esters (lactones) is 1. The van der Waals surface area contributed by atoms with Gasteiger partial charge in [-0.05, 0) is 50.8 Å². The van der Waals surface area contributed by atoms with Gasteiger partial charge >= 0.3 is 5.97 Å². The summed E-state index contributed by atoms with van der Waals surface area (Å²) in [5.41, 5.74) is 2.68. The molecule has 2 fully saturated rings. The molecule has 190 valence electrons. The highest BCUT2D eigenvalue weighted by Crippen LogP contribution is 2.38. The van der Waals surface area contributed by atoms with Crippen LogP contribution in [0.1, 0.15) is 54.6 Å². The van der Waals surface area contributed by atoms with E-state index in [1.54, 1.807) is 15.8 Å². The number of nitrogens with zero attached hydrogens (tertiary/aromatic N) is 3. The number of carbonyl (C=O) groups is 2. The van der Waals surface area contributed by atoms with Crippen molar-refractivity contribution in [3.8, 4) is 0 Å². The van der Waals surface area contributed by atoms with Gasteiger partial charge in [-0.2, -0.15) is 0 Å². The van der Waals surface area contributed by atoms with Crippen LogP contribution >= 0.6 is 11.3 Å². The molecule has 8 nitrogen and oxygen atoms in total. The van der Waals surface area contributed by atoms with Crippen LogP contribution in [0.15, 0.2) is 41.2 Å². The predicted molar refractivity (Wildman–Crippen MR) is 133 cm³/mol. The first-order chi connectivity index (χ1) is 17.0. The molecule has 2 atom stereocenters. The topological polar surface area (TPSA) is 103 Å². The summed E-state index contributed by atoms with van der Waals surface area (Å²) in [4.78, 5) is 34.3. The first kappa shape index (κ1) is 25.8. The van der Waals surface area contributed by atoms with Crippen LogP contribution in [0.2, 0.25) is 0 Å². The number of carbonyl (C=O) groups excluding carboxylic acids is 2. The van der Waals surface area contributed by atoms with Crippen molar-refractivity contribution in [2.24, 2.45) is 5.41 Å². The lowest BCUT2D eigenvalue weighted by atomic mass is 9.74. The summed E-state index contributed by atoms with van der Waals surface area (Å²) in [5.74, 6) is -0.447. The van der Waals surface area contributed by atoms with Crippen LogP contribution in [0.5, 0.6) is 0 Å². The van der Waals surface area contributed by atoms with E-state index >= 15 is 0 Å². The third kappa shape index (κ3) is 6.67. The van der Waals surface area contributed by atoms with Gasteiger partial charge in [-0.25, -0.2) is 4.98 Å². The minimum atomic E-state index is -1.19. The van der Waals surface area contributed by atoms with E-state index in [2.05, 4.69) is 22.0 Å². The van der Waals surface area contributed by atoms with Crippen LogP contribution in [-0.4, -0.2) is 81.9 Å². The van der Waals surface area contributed by atoms with Crippen molar-refractivity contribution in [3.63, 3.8) is 0 Å². The third-order valence-electron chi connectivity index (χ3n) is 7.29. The summed E-state index contributed by atoms with van der Waals surface area (Å²) in [5, 5.41) is 22.5. The molecule has 9 heteroatoms. The second kappa shape index (κ2) is 12.1. The van der Waals surface area contributed by atoms with E-state index < -0.39 is 17.6 Å². The number of amides is 1. The Morgan fingerprint density at radius 1 is 1.06 bits per heavy atom. The van der Waals surface area contributed by atoms with Crippen LogP contribution in [0.4, 0.5) is 0 Å². The number of likely N-dealkylation sites (tertiary alicyclic amines) is 1. The Morgan fingerprint density at radius 3 is 2.54 bits per heavy atom. The zero-order valence-electron chi connectivity index (χ0n) is 20.1. The molecule has 1 spiro atoms. The molecule has 2 N–H and O–H groups in total. The molecule has 1 aromatic carbocycles. The molecular weight excluding hydrogens is 466 g/mol. The zero-order valence-corrected chi connectivity index (χ0v) is 20.9. The van der Waals surface area contributed by atoms with Gasteiger partial charge in [-0.15, -0.1) is 11.3 Å². The number of aliphatic hydroxyl groups excluding tert-OH is 2. The summed E-state index contributed by atoms with van der Waals surface area (Å²) in [6.45, 7) is 3.03. The SMILES string of the molecule is O=C(c1cscn1)N1CCCCC2(CCN(Cc3ccccc3)CC2)C(=O)OC[C@@H](O)[C@@H](O)CC1. The molecule has 0 saturated carbocycles. The molecule has 0 radical (unpaired) electrons. The van der Waals surface area contributed by atoms with Gasteiger partial charge in [0.05, 0.1) is 17.0 Å². The minimum absolute atomic E-state index is 0.168. The van der Waals surface area contributed by atoms with Crippen molar-refractivity contribution in [1.82, 2.24) is 14.8 Å². The lowest BCUT2D eigenvalue weighted by Gasteiger charge is -2.40. The number of aromatic nitrogens is 1. The van der Waals surface area contributed by atoms with Crippen molar-refractivity contribution < 1.29 is 24.5 Å². The van der Waals surface area contributed by atoms with E-state index in [0.717, 1.165) is 32.5 Å². The van der Waals surface area contributed by atoms with E-state index in [1.807, 2.05) is 18.2 Å². The Hall–Kier alpha value is -2.33. The highest BCUT2D eigenvalue weighted by molar-refractivity contribution is 7.07. The molecule has 0 bridgehead atoms. The fourth-order valence-corrected chi connectivity index (χ4v) is 5.53. The van der Waals surface area contributed by atoms with Gasteiger partial charge in [0.25, 0.3) is 5.91 Å². The van der Waals surface area contributed by atoms with Gasteiger partial charge < -0.3 is 19.8 Å². The maximum Gasteiger partial charge on any atom is 0.312 e. The van der Waals surface area contributed by atoms with E-state index in [1.165, 1.54) is 16.9 Å². The second-order valence-corrected chi connectivity index (χ2v) is 10.4. The summed E-state index contributed by atoms with van der Waals surface area (Å²) in [6, 6.07) is 10.3. The van der Waals surface area contributed by atoms with Crippen molar-refractivity contribution in [2.75, 3.05) is 32.8 Å². The molecule has 2 aromatic rings. The van der Waals surface area contributed by atoms with Crippen molar-refractivity contribution >= 4 is 23.2 Å². The van der Waals surface area contributed by atoms with Crippen LogP contribution in [0.3, 0.4) is 0 Å². The zero-order chi connectivity index (χ0) is 24.7. The molecular formula is C26H35N3O5S. The normalized spacial score (nSPS) is 24.7. The largest absolute Gasteiger partial charge is 0.462 e. The summed E-state index contributed by atoms with van der Waals surface area (Å²) < 4.78 is 5.56. The highest BCUT2D eigenvalue weighted by atomic mass is 32.1. The molecule has 1 amide bonds. The Morgan fingerprint density at radius 2 is 1.83 bits per heavy atom. The second-order valence-electron chi connectivity index (χ2n) is 9.69. The number of hydrogen-bond acceptors (Lipinski definition) is 8. The number of hydrogen-bond donors (Lipinski definition) is 2. The van der Waals surface area contributed by atoms with Crippen molar-refractivity contribution in [3.05, 3.63) is 52.5 Å². The van der Waals surface area contributed by atoms with E-state index in [0.29, 0.717) is 38.0 Å². The van der Waals surface area contributed by atoms with E-state index in [4.69, 9.17) is 4.74 Å². The summed E-state index contributed by atoms with van der Waals surface area (Å²) in [7, 11) is 0. The number of piperidine rings is 1. The number of ether oxygens (including phenoxy) is 1. The van der Waals surface area contributed by atoms with Gasteiger partial charge in [0, 0.05) is 25.0 Å². The van der Waals surface area contributed by atoms with Gasteiger partial charge in [-0.3, -0.25) is 14.5 Å². The standard InChI is InChI=1S/C26H35N3O5S/c30-22-8-13-29(24(32)21-18-35-19-27-21)12-5-4-9-26(25(33)34-17-23(22)31)10-14-28(15-11-26)16-20-6-2-1-3-7-20/h1-3,6-7,18-19,22-23,30-31H,4-5,8-17H2/t22-,23+/m0/s1. The lowest BCUT2D eigenvalue weighted by Crippen LogP contribution is -2.45. The van der Waals surface area contributed by atoms with Gasteiger partial charge in [0.1, 0.15) is 18.4 Å². The summed E-state index contributed by atoms with van der Waals surface area (Å²) in [6.07, 6.45) is 1.54. The third-order valence-corrected chi connectivity index (χ3v) is 7.88. The smallest absolute Gasteiger partial charge is 0.312 e. The predicted octanol–water partition coefficient (Wildman–Crippen LogP) is 2.71. The van der Waals surface area contributed by atoms with E-state index in [9.17, 15) is 19.8 Å². The number of aliphatic hydroxyl groups is 2. The highest BCUT2D eigenvalue weighted by Gasteiger charge is 2.42. The first-order valence-electron chi connectivity index (χ1n) is 12.4. The van der Waals surface area contributed by atoms with Crippen molar-refractivity contribution in [2.45, 2.75) is 57.3 Å². The van der Waals surface area contributed by atoms with Crippen LogP contribution in [0, 0.1) is 5.41 Å². The fourth-order valence-electron chi connectivity index (χ4n) is 5.00. The van der Waals surface area contributed by atoms with Gasteiger partial charge in [0.2, 0.25) is 0 Å². The Balaban J connectivity index is 1.42. The first-order valence-corrected chi connectivity index (χ1v) is 13.4. The van der Waals surface area contributed by atoms with Gasteiger partial charge in [-0.1, -0.05) is 36.8 Å². The van der Waals surface area contributed by atoms with Gasteiger partial charge in [0.15, 0.2) is 0 Å². The molecule has 1 aromatic heterocycles. The average molecular weight is 502 g/mol. The quantitative estimate of drug-likeness (QED) is 0.624.